The first-order valence-electron chi connectivity index (χ1n) is 8.06. The highest BCUT2D eigenvalue weighted by Crippen LogP contribution is 2.40. The zero-order chi connectivity index (χ0) is 12.8. The van der Waals surface area contributed by atoms with Crippen LogP contribution in [0.3, 0.4) is 0 Å². The monoisotopic (exact) mass is 270 g/mol. The molecule has 0 radical (unpaired) electrons. The molecule has 0 N–H and O–H groups in total. The maximum Gasteiger partial charge on any atom is 0.338 e. The van der Waals surface area contributed by atoms with E-state index in [2.05, 4.69) is 13.8 Å². The minimum Gasteiger partial charge on any atom is -0.394 e. The third-order valence-electron chi connectivity index (χ3n) is 4.71. The van der Waals surface area contributed by atoms with Crippen LogP contribution in [-0.2, 0) is 8.85 Å². The van der Waals surface area contributed by atoms with E-state index in [1.165, 1.54) is 57.0 Å². The van der Waals surface area contributed by atoms with Crippen molar-refractivity contribution in [1.29, 1.82) is 0 Å². The van der Waals surface area contributed by atoms with Crippen molar-refractivity contribution in [2.45, 2.75) is 70.9 Å². The van der Waals surface area contributed by atoms with Crippen LogP contribution in [-0.4, -0.2) is 21.8 Å². The van der Waals surface area contributed by atoms with Gasteiger partial charge in [-0.2, -0.15) is 0 Å². The Labute approximate surface area is 114 Å². The van der Waals surface area contributed by atoms with Gasteiger partial charge in [-0.1, -0.05) is 44.9 Å². The molecule has 0 aromatic carbocycles. The molecule has 106 valence electrons. The van der Waals surface area contributed by atoms with E-state index in [0.717, 1.165) is 25.0 Å². The van der Waals surface area contributed by atoms with Gasteiger partial charge in [-0.3, -0.25) is 0 Å². The summed E-state index contributed by atoms with van der Waals surface area (Å²) in [5.74, 6) is 1.81. The summed E-state index contributed by atoms with van der Waals surface area (Å²) in [5.41, 5.74) is 0. The fraction of sp³-hybridized carbons (Fsp3) is 1.00. The molecule has 0 spiro atoms. The zero-order valence-electron chi connectivity index (χ0n) is 12.2. The van der Waals surface area contributed by atoms with Crippen molar-refractivity contribution >= 4 is 8.56 Å². The number of rotatable bonds is 8. The Balaban J connectivity index is 1.96. The van der Waals surface area contributed by atoms with Crippen LogP contribution in [0.1, 0.15) is 58.8 Å². The van der Waals surface area contributed by atoms with Gasteiger partial charge in [0.1, 0.15) is 0 Å². The smallest absolute Gasteiger partial charge is 0.338 e. The topological polar surface area (TPSA) is 18.5 Å². The summed E-state index contributed by atoms with van der Waals surface area (Å²) in [6, 6.07) is 2.54. The Bertz CT molecular complexity index is 229. The lowest BCUT2D eigenvalue weighted by Gasteiger charge is -2.37. The average molecular weight is 270 g/mol. The average Bonchev–Trinajstić information content (AvgIpc) is 2.77. The quantitative estimate of drug-likeness (QED) is 0.605. The van der Waals surface area contributed by atoms with Crippen molar-refractivity contribution in [2.75, 3.05) is 13.2 Å². The highest BCUT2D eigenvalue weighted by Gasteiger charge is 2.43. The summed E-state index contributed by atoms with van der Waals surface area (Å²) >= 11 is 0. The van der Waals surface area contributed by atoms with Crippen molar-refractivity contribution in [2.24, 2.45) is 11.8 Å². The molecule has 0 amide bonds. The van der Waals surface area contributed by atoms with Gasteiger partial charge in [0, 0.05) is 13.2 Å². The van der Waals surface area contributed by atoms with Gasteiger partial charge in [0.05, 0.1) is 0 Å². The van der Waals surface area contributed by atoms with Crippen molar-refractivity contribution in [1.82, 2.24) is 0 Å². The minimum absolute atomic E-state index is 0.839. The lowest BCUT2D eigenvalue weighted by atomic mass is 9.87. The molecule has 0 bridgehead atoms. The second kappa shape index (κ2) is 7.06. The van der Waals surface area contributed by atoms with E-state index in [-0.39, 0.29) is 0 Å². The van der Waals surface area contributed by atoms with Gasteiger partial charge < -0.3 is 8.85 Å². The Morgan fingerprint density at radius 1 is 0.778 bits per heavy atom. The van der Waals surface area contributed by atoms with E-state index in [4.69, 9.17) is 8.85 Å². The second-order valence-electron chi connectivity index (χ2n) is 6.13. The van der Waals surface area contributed by atoms with Gasteiger partial charge in [-0.25, -0.2) is 0 Å². The molecule has 18 heavy (non-hydrogen) atoms. The molecule has 2 aliphatic carbocycles. The largest absolute Gasteiger partial charge is 0.394 e. The van der Waals surface area contributed by atoms with E-state index in [0.29, 0.717) is 0 Å². The normalized spacial score (nSPS) is 22.3. The molecule has 2 nitrogen and oxygen atoms in total. The van der Waals surface area contributed by atoms with Crippen molar-refractivity contribution < 1.29 is 8.85 Å². The first-order valence-corrected chi connectivity index (χ1v) is 10.3. The van der Waals surface area contributed by atoms with Crippen LogP contribution in [0.15, 0.2) is 0 Å². The number of hydrogen-bond donors (Lipinski definition) is 0. The summed E-state index contributed by atoms with van der Waals surface area (Å²) in [6.45, 7) is 5.95. The fourth-order valence-electron chi connectivity index (χ4n) is 3.68. The third-order valence-corrected chi connectivity index (χ3v) is 8.74. The van der Waals surface area contributed by atoms with Crippen LogP contribution in [0.5, 0.6) is 0 Å². The van der Waals surface area contributed by atoms with E-state index in [1.807, 2.05) is 0 Å². The molecule has 2 saturated carbocycles. The van der Waals surface area contributed by atoms with Gasteiger partial charge in [-0.15, -0.1) is 0 Å². The van der Waals surface area contributed by atoms with Crippen molar-refractivity contribution in [3.63, 3.8) is 0 Å². The van der Waals surface area contributed by atoms with E-state index in [1.54, 1.807) is 0 Å². The molecule has 0 heterocycles. The molecule has 0 saturated heterocycles. The predicted octanol–water partition coefficient (Wildman–Crippen LogP) is 4.49. The zero-order valence-corrected chi connectivity index (χ0v) is 13.2. The summed E-state index contributed by atoms with van der Waals surface area (Å²) < 4.78 is 12.5. The van der Waals surface area contributed by atoms with E-state index >= 15 is 0 Å². The van der Waals surface area contributed by atoms with Crippen LogP contribution in [0.25, 0.3) is 0 Å². The van der Waals surface area contributed by atoms with Gasteiger partial charge in [0.2, 0.25) is 0 Å². The van der Waals surface area contributed by atoms with Gasteiger partial charge in [0.15, 0.2) is 0 Å². The Kier molecular flexibility index (Phi) is 5.71. The first-order chi connectivity index (χ1) is 8.78. The lowest BCUT2D eigenvalue weighted by Crippen LogP contribution is -2.46. The van der Waals surface area contributed by atoms with Crippen LogP contribution in [0.2, 0.25) is 12.1 Å². The van der Waals surface area contributed by atoms with Crippen LogP contribution < -0.4 is 0 Å². The highest BCUT2D eigenvalue weighted by atomic mass is 28.4. The highest BCUT2D eigenvalue weighted by molar-refractivity contribution is 6.67. The Morgan fingerprint density at radius 3 is 1.56 bits per heavy atom. The van der Waals surface area contributed by atoms with Gasteiger partial charge in [-0.05, 0) is 37.8 Å². The molecule has 0 unspecified atom stereocenters. The summed E-state index contributed by atoms with van der Waals surface area (Å²) in [6.07, 6.45) is 9.95. The van der Waals surface area contributed by atoms with Crippen molar-refractivity contribution in [3.8, 4) is 0 Å². The standard InChI is InChI=1S/C15H30O2Si/c1-3-16-18(17-4-2,13-15-10-7-11-15)12-14-8-5-6-9-14/h14-15H,3-13H2,1-2H3. The molecule has 0 atom stereocenters. The Morgan fingerprint density at radius 2 is 1.22 bits per heavy atom. The van der Waals surface area contributed by atoms with E-state index < -0.39 is 8.56 Å². The Hall–Kier alpha value is 0.137. The minimum atomic E-state index is -1.89. The predicted molar refractivity (Wildman–Crippen MR) is 77.9 cm³/mol. The van der Waals surface area contributed by atoms with Crippen molar-refractivity contribution in [3.05, 3.63) is 0 Å². The molecule has 2 aliphatic rings. The fourth-order valence-corrected chi connectivity index (χ4v) is 8.03. The molecule has 2 fully saturated rings. The van der Waals surface area contributed by atoms with E-state index in [9.17, 15) is 0 Å². The summed E-state index contributed by atoms with van der Waals surface area (Å²) in [5, 5.41) is 0. The molecule has 0 aromatic rings. The van der Waals surface area contributed by atoms with Crippen LogP contribution in [0, 0.1) is 11.8 Å². The van der Waals surface area contributed by atoms with Crippen LogP contribution >= 0.6 is 0 Å². The third kappa shape index (κ3) is 3.81. The summed E-state index contributed by atoms with van der Waals surface area (Å²) in [4.78, 5) is 0. The SMILES string of the molecule is CCO[Si](CC1CCCC1)(CC1CCC1)OCC. The van der Waals surface area contributed by atoms with Gasteiger partial charge >= 0.3 is 8.56 Å². The molecular weight excluding hydrogens is 240 g/mol. The number of hydrogen-bond acceptors (Lipinski definition) is 2. The maximum absolute atomic E-state index is 6.26. The molecule has 3 heteroatoms. The second-order valence-corrected chi connectivity index (χ2v) is 9.35. The van der Waals surface area contributed by atoms with Gasteiger partial charge in [0.25, 0.3) is 0 Å². The maximum atomic E-state index is 6.26. The first kappa shape index (κ1) is 14.5. The molecule has 0 aliphatic heterocycles. The molecule has 0 aromatic heterocycles. The summed E-state index contributed by atoms with van der Waals surface area (Å²) in [7, 11) is -1.89. The molecular formula is C15H30O2Si. The van der Waals surface area contributed by atoms with Crippen LogP contribution in [0.4, 0.5) is 0 Å². The lowest BCUT2D eigenvalue weighted by molar-refractivity contribution is 0.163. The molecule has 2 rings (SSSR count).